The van der Waals surface area contributed by atoms with Gasteiger partial charge in [0.1, 0.15) is 0 Å². The highest BCUT2D eigenvalue weighted by Gasteiger charge is 2.15. The minimum absolute atomic E-state index is 0.493. The van der Waals surface area contributed by atoms with E-state index in [0.29, 0.717) is 6.04 Å². The van der Waals surface area contributed by atoms with Gasteiger partial charge in [-0.1, -0.05) is 37.6 Å². The Balaban J connectivity index is 2.34. The standard InChI is InChI=1S/C11H23N2OPS2/c1-3-9-14-15(16,17-2)13-10-12-11-7-5-4-6-8-11/h10-11H,3-9H2,1-2H3,(H,12,13,16). The Morgan fingerprint density at radius 1 is 1.47 bits per heavy atom. The summed E-state index contributed by atoms with van der Waals surface area (Å²) in [6, 6.07) is 0.493. The molecule has 1 atom stereocenters. The van der Waals surface area contributed by atoms with Crippen molar-refractivity contribution in [2.75, 3.05) is 12.9 Å². The average molecular weight is 294 g/mol. The van der Waals surface area contributed by atoms with E-state index in [-0.39, 0.29) is 0 Å². The van der Waals surface area contributed by atoms with Crippen LogP contribution in [0.5, 0.6) is 0 Å². The van der Waals surface area contributed by atoms with E-state index in [1.54, 1.807) is 17.7 Å². The SMILES string of the molecule is CCCOP(=S)(NC=NC1CCCCC1)SC. The van der Waals surface area contributed by atoms with E-state index in [1.165, 1.54) is 32.1 Å². The van der Waals surface area contributed by atoms with Crippen molar-refractivity contribution in [3.8, 4) is 0 Å². The Bertz CT molecular complexity index is 281. The van der Waals surface area contributed by atoms with Crippen LogP contribution in [0.2, 0.25) is 0 Å². The maximum Gasteiger partial charge on any atom is 0.210 e. The summed E-state index contributed by atoms with van der Waals surface area (Å²) < 4.78 is 5.70. The molecule has 0 aromatic carbocycles. The smallest absolute Gasteiger partial charge is 0.210 e. The summed E-state index contributed by atoms with van der Waals surface area (Å²) >= 11 is 7.09. The molecule has 6 heteroatoms. The molecule has 1 aliphatic rings. The zero-order valence-corrected chi connectivity index (χ0v) is 13.3. The summed E-state index contributed by atoms with van der Waals surface area (Å²) in [5, 5.41) is 3.20. The number of rotatable bonds is 7. The molecule has 0 aromatic heterocycles. The van der Waals surface area contributed by atoms with Crippen molar-refractivity contribution in [1.82, 2.24) is 5.09 Å². The number of nitrogens with zero attached hydrogens (tertiary/aromatic N) is 1. The van der Waals surface area contributed by atoms with Crippen molar-refractivity contribution >= 4 is 35.1 Å². The molecule has 1 aliphatic carbocycles. The Morgan fingerprint density at radius 2 is 2.18 bits per heavy atom. The molecule has 1 rings (SSSR count). The van der Waals surface area contributed by atoms with Gasteiger partial charge in [0.05, 0.1) is 19.0 Å². The number of nitrogens with one attached hydrogen (secondary N) is 1. The predicted molar refractivity (Wildman–Crippen MR) is 82.5 cm³/mol. The van der Waals surface area contributed by atoms with Crippen molar-refractivity contribution in [2.24, 2.45) is 4.99 Å². The van der Waals surface area contributed by atoms with Gasteiger partial charge >= 0.3 is 0 Å². The van der Waals surface area contributed by atoms with Crippen molar-refractivity contribution in [3.05, 3.63) is 0 Å². The van der Waals surface area contributed by atoms with E-state index in [4.69, 9.17) is 16.3 Å². The third-order valence-corrected chi connectivity index (χ3v) is 8.27. The van der Waals surface area contributed by atoms with Crippen LogP contribution in [0.3, 0.4) is 0 Å². The quantitative estimate of drug-likeness (QED) is 0.438. The number of aliphatic imine (C=N–C) groups is 1. The van der Waals surface area contributed by atoms with E-state index < -0.39 is 5.62 Å². The topological polar surface area (TPSA) is 33.6 Å². The van der Waals surface area contributed by atoms with E-state index in [0.717, 1.165) is 13.0 Å². The molecular weight excluding hydrogens is 271 g/mol. The Morgan fingerprint density at radius 3 is 2.76 bits per heavy atom. The minimum Gasteiger partial charge on any atom is -0.326 e. The third kappa shape index (κ3) is 6.23. The lowest BCUT2D eigenvalue weighted by Crippen LogP contribution is -2.14. The summed E-state index contributed by atoms with van der Waals surface area (Å²) in [5.41, 5.74) is -1.93. The van der Waals surface area contributed by atoms with E-state index >= 15 is 0 Å². The molecule has 1 N–H and O–H groups in total. The summed E-state index contributed by atoms with van der Waals surface area (Å²) in [5.74, 6) is 0. The highest BCUT2D eigenvalue weighted by molar-refractivity contribution is 8.68. The first-order valence-electron chi connectivity index (χ1n) is 6.30. The molecule has 0 aromatic rings. The highest BCUT2D eigenvalue weighted by Crippen LogP contribution is 2.54. The largest absolute Gasteiger partial charge is 0.326 e. The molecule has 0 saturated heterocycles. The fourth-order valence-corrected chi connectivity index (χ4v) is 4.07. The van der Waals surface area contributed by atoms with Crippen molar-refractivity contribution in [2.45, 2.75) is 51.5 Å². The van der Waals surface area contributed by atoms with Gasteiger partial charge in [0, 0.05) is 0 Å². The summed E-state index contributed by atoms with van der Waals surface area (Å²) in [6.45, 7) is 2.82. The van der Waals surface area contributed by atoms with Crippen LogP contribution in [-0.2, 0) is 16.3 Å². The molecule has 0 heterocycles. The first kappa shape index (κ1) is 15.5. The van der Waals surface area contributed by atoms with Gasteiger partial charge < -0.3 is 9.61 Å². The van der Waals surface area contributed by atoms with Crippen LogP contribution in [0.15, 0.2) is 4.99 Å². The van der Waals surface area contributed by atoms with E-state index in [1.807, 2.05) is 6.26 Å². The molecule has 0 spiro atoms. The summed E-state index contributed by atoms with van der Waals surface area (Å²) in [4.78, 5) is 4.56. The van der Waals surface area contributed by atoms with Gasteiger partial charge in [0.15, 0.2) is 0 Å². The Hall–Kier alpha value is 0.430. The zero-order chi connectivity index (χ0) is 12.6. The van der Waals surface area contributed by atoms with Gasteiger partial charge in [0.25, 0.3) is 0 Å². The second kappa shape index (κ2) is 8.52. The summed E-state index contributed by atoms with van der Waals surface area (Å²) in [7, 11) is 0. The highest BCUT2D eigenvalue weighted by atomic mass is 32.9. The summed E-state index contributed by atoms with van der Waals surface area (Å²) in [6.07, 6.45) is 11.2. The molecule has 3 nitrogen and oxygen atoms in total. The lowest BCUT2D eigenvalue weighted by Gasteiger charge is -2.20. The van der Waals surface area contributed by atoms with Crippen LogP contribution in [0.25, 0.3) is 0 Å². The molecule has 1 unspecified atom stereocenters. The Labute approximate surface area is 114 Å². The van der Waals surface area contributed by atoms with Crippen LogP contribution < -0.4 is 5.09 Å². The molecule has 0 amide bonds. The van der Waals surface area contributed by atoms with Crippen LogP contribution in [-0.4, -0.2) is 25.2 Å². The third-order valence-electron chi connectivity index (χ3n) is 2.78. The lowest BCUT2D eigenvalue weighted by atomic mass is 9.96. The predicted octanol–water partition coefficient (Wildman–Crippen LogP) is 3.95. The van der Waals surface area contributed by atoms with Crippen LogP contribution in [0.1, 0.15) is 45.4 Å². The average Bonchev–Trinajstić information content (AvgIpc) is 2.38. The normalized spacial score (nSPS) is 21.5. The van der Waals surface area contributed by atoms with Crippen molar-refractivity contribution in [3.63, 3.8) is 0 Å². The van der Waals surface area contributed by atoms with Gasteiger partial charge in [-0.15, -0.1) is 0 Å². The fourth-order valence-electron chi connectivity index (χ4n) is 1.79. The molecule has 100 valence electrons. The van der Waals surface area contributed by atoms with Crippen LogP contribution >= 0.6 is 17.0 Å². The molecule has 17 heavy (non-hydrogen) atoms. The Kier molecular flexibility index (Phi) is 7.76. The monoisotopic (exact) mass is 294 g/mol. The van der Waals surface area contributed by atoms with E-state index in [9.17, 15) is 0 Å². The second-order valence-electron chi connectivity index (χ2n) is 4.21. The first-order chi connectivity index (χ1) is 8.20. The van der Waals surface area contributed by atoms with Crippen LogP contribution in [0.4, 0.5) is 0 Å². The molecule has 1 fully saturated rings. The molecule has 0 radical (unpaired) electrons. The van der Waals surface area contributed by atoms with Crippen molar-refractivity contribution < 1.29 is 4.52 Å². The number of hydrogen-bond donors (Lipinski definition) is 1. The lowest BCUT2D eigenvalue weighted by molar-refractivity contribution is 0.356. The maximum absolute atomic E-state index is 5.70. The van der Waals surface area contributed by atoms with Gasteiger partial charge in [-0.2, -0.15) is 0 Å². The van der Waals surface area contributed by atoms with Gasteiger partial charge in [-0.25, -0.2) is 0 Å². The molecule has 0 bridgehead atoms. The second-order valence-corrected chi connectivity index (χ2v) is 11.0. The van der Waals surface area contributed by atoms with Crippen molar-refractivity contribution in [1.29, 1.82) is 0 Å². The minimum atomic E-state index is -1.93. The molecule has 1 saturated carbocycles. The van der Waals surface area contributed by atoms with Crippen LogP contribution in [0, 0.1) is 0 Å². The fraction of sp³-hybridized carbons (Fsp3) is 0.909. The maximum atomic E-state index is 5.70. The first-order valence-corrected chi connectivity index (χ1v) is 10.8. The zero-order valence-electron chi connectivity index (χ0n) is 10.7. The van der Waals surface area contributed by atoms with Gasteiger partial charge in [-0.3, -0.25) is 4.99 Å². The van der Waals surface area contributed by atoms with Gasteiger partial charge in [0.2, 0.25) is 5.62 Å². The molecule has 0 aliphatic heterocycles. The number of hydrogen-bond acceptors (Lipinski definition) is 4. The molecular formula is C11H23N2OPS2. The van der Waals surface area contributed by atoms with E-state index in [2.05, 4.69) is 17.0 Å². The van der Waals surface area contributed by atoms with Gasteiger partial charge in [-0.05, 0) is 37.3 Å².